The second-order valence-electron chi connectivity index (χ2n) is 4.36. The molecule has 0 radical (unpaired) electrons. The first-order valence-electron chi connectivity index (χ1n) is 5.79. The van der Waals surface area contributed by atoms with E-state index in [-0.39, 0.29) is 10.5 Å². The number of carbonyl (C=O) groups excluding carboxylic acids is 1. The first-order valence-corrected chi connectivity index (χ1v) is 8.55. The first kappa shape index (κ1) is 18.2. The zero-order valence-electron chi connectivity index (χ0n) is 11.0. The lowest BCUT2D eigenvalue weighted by Crippen LogP contribution is -2.43. The summed E-state index contributed by atoms with van der Waals surface area (Å²) in [5.74, 6) is -0.826. The lowest BCUT2D eigenvalue weighted by atomic mass is 10.0. The van der Waals surface area contributed by atoms with E-state index in [1.54, 1.807) is 0 Å². The van der Waals surface area contributed by atoms with E-state index in [1.807, 2.05) is 0 Å². The van der Waals surface area contributed by atoms with Crippen LogP contribution in [0.1, 0.15) is 11.7 Å². The number of carbonyl (C=O) groups is 1. The van der Waals surface area contributed by atoms with Crippen LogP contribution < -0.4 is 5.32 Å². The molecule has 118 valence electrons. The molecular formula is C12H14Cl2FNO4S. The summed E-state index contributed by atoms with van der Waals surface area (Å²) < 4.78 is 35.6. The maximum absolute atomic E-state index is 12.9. The van der Waals surface area contributed by atoms with Crippen molar-refractivity contribution in [1.82, 2.24) is 5.32 Å². The molecule has 1 rings (SSSR count). The van der Waals surface area contributed by atoms with Crippen LogP contribution in [0.25, 0.3) is 0 Å². The van der Waals surface area contributed by atoms with Crippen LogP contribution in [0, 0.1) is 0 Å². The van der Waals surface area contributed by atoms with E-state index >= 15 is 0 Å². The van der Waals surface area contributed by atoms with Crippen molar-refractivity contribution >= 4 is 38.9 Å². The van der Waals surface area contributed by atoms with Crippen LogP contribution in [0.5, 0.6) is 0 Å². The largest absolute Gasteiger partial charge is 0.386 e. The van der Waals surface area contributed by atoms with Crippen molar-refractivity contribution in [3.8, 4) is 0 Å². The summed E-state index contributed by atoms with van der Waals surface area (Å²) in [6, 6.07) is 4.03. The number of hydrogen-bond donors (Lipinski definition) is 2. The second-order valence-corrected chi connectivity index (χ2v) is 7.47. The summed E-state index contributed by atoms with van der Waals surface area (Å²) in [6.45, 7) is -1.04. The zero-order chi connectivity index (χ0) is 16.2. The number of aliphatic hydroxyl groups is 1. The van der Waals surface area contributed by atoms with Gasteiger partial charge < -0.3 is 10.4 Å². The molecule has 0 fully saturated rings. The van der Waals surface area contributed by atoms with E-state index in [0.717, 1.165) is 6.26 Å². The molecule has 0 heterocycles. The summed E-state index contributed by atoms with van der Waals surface area (Å²) >= 11 is 10.7. The molecule has 2 N–H and O–H groups in total. The number of rotatable bonds is 6. The SMILES string of the molecule is CS(=O)(=O)c1ccc(C(O)[C@H](CF)NC(=O)C(Cl)Cl)cc1. The third-order valence-electron chi connectivity index (χ3n) is 2.72. The van der Waals surface area contributed by atoms with Crippen molar-refractivity contribution in [2.75, 3.05) is 12.9 Å². The van der Waals surface area contributed by atoms with E-state index in [9.17, 15) is 22.7 Å². The van der Waals surface area contributed by atoms with Crippen molar-refractivity contribution in [3.05, 3.63) is 29.8 Å². The minimum absolute atomic E-state index is 0.0702. The lowest BCUT2D eigenvalue weighted by Gasteiger charge is -2.22. The van der Waals surface area contributed by atoms with Gasteiger partial charge in [0.05, 0.1) is 10.9 Å². The summed E-state index contributed by atoms with van der Waals surface area (Å²) in [5.41, 5.74) is 0.256. The van der Waals surface area contributed by atoms with Gasteiger partial charge in [0.25, 0.3) is 5.91 Å². The number of amides is 1. The highest BCUT2D eigenvalue weighted by Gasteiger charge is 2.25. The van der Waals surface area contributed by atoms with Gasteiger partial charge in [0.1, 0.15) is 12.8 Å². The van der Waals surface area contributed by atoms with E-state index in [1.165, 1.54) is 24.3 Å². The molecule has 1 aromatic carbocycles. The maximum Gasteiger partial charge on any atom is 0.253 e. The van der Waals surface area contributed by atoms with Gasteiger partial charge in [-0.15, -0.1) is 0 Å². The number of benzene rings is 1. The Balaban J connectivity index is 2.90. The Morgan fingerprint density at radius 1 is 1.33 bits per heavy atom. The number of sulfone groups is 1. The number of halogens is 3. The van der Waals surface area contributed by atoms with Crippen LogP contribution in [0.4, 0.5) is 4.39 Å². The van der Waals surface area contributed by atoms with Crippen LogP contribution in [-0.2, 0) is 14.6 Å². The van der Waals surface area contributed by atoms with Gasteiger partial charge in [0.2, 0.25) is 0 Å². The van der Waals surface area contributed by atoms with Crippen molar-refractivity contribution in [2.24, 2.45) is 0 Å². The molecule has 1 amide bonds. The van der Waals surface area contributed by atoms with Crippen LogP contribution in [-0.4, -0.2) is 43.2 Å². The van der Waals surface area contributed by atoms with Crippen molar-refractivity contribution < 1.29 is 22.7 Å². The molecule has 1 aromatic rings. The highest BCUT2D eigenvalue weighted by Crippen LogP contribution is 2.20. The number of alkyl halides is 3. The fourth-order valence-electron chi connectivity index (χ4n) is 1.59. The highest BCUT2D eigenvalue weighted by molar-refractivity contribution is 7.90. The Kier molecular flexibility index (Phi) is 6.40. The van der Waals surface area contributed by atoms with Gasteiger partial charge >= 0.3 is 0 Å². The average molecular weight is 358 g/mol. The fourth-order valence-corrected chi connectivity index (χ4v) is 2.35. The molecule has 0 bridgehead atoms. The smallest absolute Gasteiger partial charge is 0.253 e. The minimum atomic E-state index is -3.36. The monoisotopic (exact) mass is 357 g/mol. The van der Waals surface area contributed by atoms with Gasteiger partial charge in [-0.2, -0.15) is 0 Å². The average Bonchev–Trinajstić information content (AvgIpc) is 2.42. The van der Waals surface area contributed by atoms with Crippen LogP contribution in [0.2, 0.25) is 0 Å². The van der Waals surface area contributed by atoms with E-state index < -0.39 is 39.4 Å². The van der Waals surface area contributed by atoms with Crippen molar-refractivity contribution in [3.63, 3.8) is 0 Å². The fraction of sp³-hybridized carbons (Fsp3) is 0.417. The summed E-state index contributed by atoms with van der Waals surface area (Å²) in [6.07, 6.45) is -0.316. The Bertz CT molecular complexity index is 592. The van der Waals surface area contributed by atoms with E-state index in [2.05, 4.69) is 5.32 Å². The predicted octanol–water partition coefficient (Wildman–Crippen LogP) is 1.38. The van der Waals surface area contributed by atoms with Gasteiger partial charge in [0, 0.05) is 6.26 Å². The normalized spacial score (nSPS) is 14.8. The van der Waals surface area contributed by atoms with Gasteiger partial charge in [-0.05, 0) is 17.7 Å². The highest BCUT2D eigenvalue weighted by atomic mass is 35.5. The standard InChI is InChI=1S/C12H14Cl2FNO4S/c1-21(19,20)8-4-2-7(3-5-8)10(17)9(6-15)16-12(18)11(13)14/h2-5,9-11,17H,6H2,1H3,(H,16,18)/t9-,10?/m0/s1. The van der Waals surface area contributed by atoms with Gasteiger partial charge in [0.15, 0.2) is 14.7 Å². The van der Waals surface area contributed by atoms with Gasteiger partial charge in [-0.3, -0.25) is 4.79 Å². The molecule has 0 aliphatic carbocycles. The summed E-state index contributed by atoms with van der Waals surface area (Å²) in [5, 5.41) is 12.2. The lowest BCUT2D eigenvalue weighted by molar-refractivity contribution is -0.121. The molecule has 1 unspecified atom stereocenters. The third-order valence-corrected chi connectivity index (χ3v) is 4.25. The Hall–Kier alpha value is -0.890. The molecule has 0 spiro atoms. The van der Waals surface area contributed by atoms with Crippen LogP contribution in [0.15, 0.2) is 29.2 Å². The molecule has 0 saturated heterocycles. The Labute approximate surface area is 132 Å². The topological polar surface area (TPSA) is 83.5 Å². The quantitative estimate of drug-likeness (QED) is 0.753. The Morgan fingerprint density at radius 2 is 1.86 bits per heavy atom. The van der Waals surface area contributed by atoms with E-state index in [4.69, 9.17) is 23.2 Å². The molecule has 0 aliphatic heterocycles. The number of nitrogens with one attached hydrogen (secondary N) is 1. The number of hydrogen-bond acceptors (Lipinski definition) is 4. The molecule has 0 aromatic heterocycles. The summed E-state index contributed by atoms with van der Waals surface area (Å²) in [7, 11) is -3.36. The molecule has 2 atom stereocenters. The zero-order valence-corrected chi connectivity index (χ0v) is 13.3. The number of aliphatic hydroxyl groups excluding tert-OH is 1. The molecule has 9 heteroatoms. The van der Waals surface area contributed by atoms with Crippen molar-refractivity contribution in [1.29, 1.82) is 0 Å². The Morgan fingerprint density at radius 3 is 2.24 bits per heavy atom. The summed E-state index contributed by atoms with van der Waals surface area (Å²) in [4.78, 5) is 10.00. The first-order chi connectivity index (χ1) is 9.66. The van der Waals surface area contributed by atoms with Crippen LogP contribution >= 0.6 is 23.2 Å². The minimum Gasteiger partial charge on any atom is -0.386 e. The van der Waals surface area contributed by atoms with E-state index in [0.29, 0.717) is 0 Å². The van der Waals surface area contributed by atoms with Crippen LogP contribution in [0.3, 0.4) is 0 Å². The molecule has 21 heavy (non-hydrogen) atoms. The van der Waals surface area contributed by atoms with Crippen molar-refractivity contribution in [2.45, 2.75) is 21.9 Å². The third kappa shape index (κ3) is 5.10. The molecular weight excluding hydrogens is 344 g/mol. The molecule has 0 saturated carbocycles. The maximum atomic E-state index is 12.9. The molecule has 5 nitrogen and oxygen atoms in total. The second kappa shape index (κ2) is 7.40. The predicted molar refractivity (Wildman–Crippen MR) is 77.9 cm³/mol. The molecule has 0 aliphatic rings. The van der Waals surface area contributed by atoms with Gasteiger partial charge in [-0.25, -0.2) is 12.8 Å². The van der Waals surface area contributed by atoms with Gasteiger partial charge in [-0.1, -0.05) is 35.3 Å².